The van der Waals surface area contributed by atoms with Crippen LogP contribution < -0.4 is 21.6 Å². The SMILES string of the molecule is C#Cc1cnc2c(C#N)cc(N[C@H](C3=C(F)N(C4(C(F)(F)F)CC4)NN3)c3cccc4cnc(C#N)cc34)cc2c1NCC(C)(C)C. The first-order valence-electron chi connectivity index (χ1n) is 14.7. The van der Waals surface area contributed by atoms with E-state index in [2.05, 4.69) is 43.6 Å². The number of terminal acetylenes is 1. The average molecular weight is 640 g/mol. The van der Waals surface area contributed by atoms with Gasteiger partial charge in [-0.3, -0.25) is 4.98 Å². The fraction of sp³-hybridized carbons (Fsp3) is 0.294. The molecule has 2 aliphatic rings. The molecule has 1 aliphatic carbocycles. The molecule has 1 aliphatic heterocycles. The molecule has 2 aromatic heterocycles. The Hall–Kier alpha value is -5.58. The molecule has 0 spiro atoms. The number of nitrogens with one attached hydrogen (secondary N) is 4. The van der Waals surface area contributed by atoms with Gasteiger partial charge in [-0.15, -0.1) is 12.0 Å². The highest BCUT2D eigenvalue weighted by atomic mass is 19.4. The summed E-state index contributed by atoms with van der Waals surface area (Å²) in [5.41, 5.74) is 4.82. The van der Waals surface area contributed by atoms with Crippen LogP contribution in [0.25, 0.3) is 21.7 Å². The van der Waals surface area contributed by atoms with E-state index in [0.29, 0.717) is 55.7 Å². The van der Waals surface area contributed by atoms with E-state index in [9.17, 15) is 23.7 Å². The van der Waals surface area contributed by atoms with Gasteiger partial charge in [0.2, 0.25) is 5.95 Å². The second-order valence-corrected chi connectivity index (χ2v) is 12.8. The third-order valence-corrected chi connectivity index (χ3v) is 8.27. The molecule has 1 saturated carbocycles. The maximum atomic E-state index is 16.3. The van der Waals surface area contributed by atoms with Crippen molar-refractivity contribution in [2.45, 2.75) is 51.4 Å². The van der Waals surface area contributed by atoms with Gasteiger partial charge in [-0.2, -0.15) is 28.1 Å². The summed E-state index contributed by atoms with van der Waals surface area (Å²) in [7, 11) is 0. The number of fused-ring (bicyclic) bond motifs is 2. The highest BCUT2D eigenvalue weighted by molar-refractivity contribution is 5.99. The third-order valence-electron chi connectivity index (χ3n) is 8.27. The van der Waals surface area contributed by atoms with Crippen LogP contribution in [0.5, 0.6) is 0 Å². The Balaban J connectivity index is 1.54. The maximum Gasteiger partial charge on any atom is 0.413 e. The fourth-order valence-corrected chi connectivity index (χ4v) is 5.68. The van der Waals surface area contributed by atoms with E-state index in [-0.39, 0.29) is 35.2 Å². The molecule has 0 unspecified atom stereocenters. The van der Waals surface area contributed by atoms with Crippen molar-refractivity contribution in [3.8, 4) is 24.5 Å². The summed E-state index contributed by atoms with van der Waals surface area (Å²) >= 11 is 0. The predicted molar refractivity (Wildman–Crippen MR) is 169 cm³/mol. The van der Waals surface area contributed by atoms with E-state index >= 15 is 4.39 Å². The number of alkyl halides is 3. The molecule has 4 N–H and O–H groups in total. The standard InChI is InChI=1S/C34H29F4N9/c1-5-19-16-42-28-21(14-39)11-22(12-26(28)27(19)43-18-32(2,3)4)44-29(24-8-6-7-20-17-41-23(15-40)13-25(20)24)30-31(35)47(46-45-30)33(9-10-33)34(36,37)38/h1,6-8,11-13,16-17,29,44-46H,9-10,18H2,2-4H3,(H,42,43)/t29-/m0/s1. The first-order chi connectivity index (χ1) is 22.3. The van der Waals surface area contributed by atoms with Crippen molar-refractivity contribution < 1.29 is 17.6 Å². The van der Waals surface area contributed by atoms with Gasteiger partial charge in [-0.05, 0) is 47.4 Å². The largest absolute Gasteiger partial charge is 0.413 e. The van der Waals surface area contributed by atoms with Crippen LogP contribution in [0.3, 0.4) is 0 Å². The van der Waals surface area contributed by atoms with Crippen molar-refractivity contribution in [3.63, 3.8) is 0 Å². The lowest BCUT2D eigenvalue weighted by atomic mass is 9.95. The van der Waals surface area contributed by atoms with Crippen LogP contribution in [0.15, 0.2) is 60.4 Å². The van der Waals surface area contributed by atoms with Gasteiger partial charge >= 0.3 is 6.18 Å². The Kier molecular flexibility index (Phi) is 7.58. The number of rotatable bonds is 7. The van der Waals surface area contributed by atoms with Crippen molar-refractivity contribution in [1.82, 2.24) is 25.9 Å². The zero-order chi connectivity index (χ0) is 33.7. The van der Waals surface area contributed by atoms with E-state index < -0.39 is 23.7 Å². The minimum atomic E-state index is -4.69. The smallest absolute Gasteiger partial charge is 0.383 e. The second kappa shape index (κ2) is 11.3. The van der Waals surface area contributed by atoms with Crippen LogP contribution in [0, 0.1) is 40.4 Å². The first-order valence-corrected chi connectivity index (χ1v) is 14.7. The second-order valence-electron chi connectivity index (χ2n) is 12.8. The van der Waals surface area contributed by atoms with Crippen molar-refractivity contribution in [3.05, 3.63) is 82.8 Å². The molecule has 0 amide bonds. The molecule has 238 valence electrons. The number of hydrazine groups is 2. The molecular formula is C34H29F4N9. The van der Waals surface area contributed by atoms with E-state index in [4.69, 9.17) is 6.42 Å². The molecule has 0 saturated heterocycles. The number of benzene rings is 2. The molecule has 4 aromatic rings. The lowest BCUT2D eigenvalue weighted by Crippen LogP contribution is -2.53. The van der Waals surface area contributed by atoms with Gasteiger partial charge in [0.05, 0.1) is 28.4 Å². The molecule has 13 heteroatoms. The van der Waals surface area contributed by atoms with Crippen LogP contribution >= 0.6 is 0 Å². The van der Waals surface area contributed by atoms with Gasteiger partial charge in [-0.1, -0.05) is 44.9 Å². The Labute approximate surface area is 268 Å². The fourth-order valence-electron chi connectivity index (χ4n) is 5.68. The van der Waals surface area contributed by atoms with Crippen LogP contribution in [0.4, 0.5) is 28.9 Å². The zero-order valence-electron chi connectivity index (χ0n) is 25.6. The van der Waals surface area contributed by atoms with Crippen molar-refractivity contribution >= 4 is 33.1 Å². The van der Waals surface area contributed by atoms with E-state index in [1.165, 1.54) is 24.5 Å². The summed E-state index contributed by atoms with van der Waals surface area (Å²) in [6.07, 6.45) is 3.58. The van der Waals surface area contributed by atoms with Gasteiger partial charge in [-0.25, -0.2) is 9.99 Å². The summed E-state index contributed by atoms with van der Waals surface area (Å²) in [5, 5.41) is 28.5. The lowest BCUT2D eigenvalue weighted by molar-refractivity contribution is -0.201. The van der Waals surface area contributed by atoms with Gasteiger partial charge in [0.1, 0.15) is 23.5 Å². The molecule has 3 heterocycles. The van der Waals surface area contributed by atoms with Crippen LogP contribution in [0.1, 0.15) is 62.0 Å². The number of halogens is 4. The van der Waals surface area contributed by atoms with Crippen molar-refractivity contribution in [1.29, 1.82) is 10.5 Å². The number of hydrogen-bond acceptors (Lipinski definition) is 9. The van der Waals surface area contributed by atoms with Gasteiger partial charge in [0, 0.05) is 35.4 Å². The van der Waals surface area contributed by atoms with Crippen LogP contribution in [0.2, 0.25) is 0 Å². The highest BCUT2D eigenvalue weighted by Crippen LogP contribution is 2.55. The topological polar surface area (TPSA) is 125 Å². The van der Waals surface area contributed by atoms with Gasteiger partial charge in [0.25, 0.3) is 0 Å². The minimum absolute atomic E-state index is 0.103. The Morgan fingerprint density at radius 2 is 1.81 bits per heavy atom. The van der Waals surface area contributed by atoms with Crippen molar-refractivity contribution in [2.75, 3.05) is 17.2 Å². The van der Waals surface area contributed by atoms with Gasteiger partial charge in [0.15, 0.2) is 5.54 Å². The number of anilines is 2. The molecule has 1 atom stereocenters. The molecule has 47 heavy (non-hydrogen) atoms. The first kappa shape index (κ1) is 31.4. The van der Waals surface area contributed by atoms with Gasteiger partial charge < -0.3 is 16.1 Å². The normalized spacial score (nSPS) is 16.3. The third kappa shape index (κ3) is 5.58. The number of aromatic nitrogens is 2. The number of hydrogen-bond donors (Lipinski definition) is 4. The average Bonchev–Trinajstić information content (AvgIpc) is 3.77. The van der Waals surface area contributed by atoms with E-state index in [1.54, 1.807) is 24.3 Å². The Morgan fingerprint density at radius 1 is 1.04 bits per heavy atom. The minimum Gasteiger partial charge on any atom is -0.383 e. The summed E-state index contributed by atoms with van der Waals surface area (Å²) in [5.74, 6) is 1.49. The van der Waals surface area contributed by atoms with Crippen LogP contribution in [-0.2, 0) is 0 Å². The van der Waals surface area contributed by atoms with E-state index in [0.717, 1.165) is 0 Å². The highest BCUT2D eigenvalue weighted by Gasteiger charge is 2.69. The van der Waals surface area contributed by atoms with E-state index in [1.807, 2.05) is 26.8 Å². The molecule has 9 nitrogen and oxygen atoms in total. The molecule has 0 bridgehead atoms. The summed E-state index contributed by atoms with van der Waals surface area (Å²) < 4.78 is 58.5. The maximum absolute atomic E-state index is 16.3. The molecular weight excluding hydrogens is 610 g/mol. The zero-order valence-corrected chi connectivity index (χ0v) is 25.6. The molecule has 1 fully saturated rings. The Bertz CT molecular complexity index is 2070. The van der Waals surface area contributed by atoms with Crippen molar-refractivity contribution in [2.24, 2.45) is 5.41 Å². The number of pyridine rings is 2. The van der Waals surface area contributed by atoms with Crippen LogP contribution in [-0.4, -0.2) is 33.2 Å². The lowest BCUT2D eigenvalue weighted by Gasteiger charge is -2.29. The quantitative estimate of drug-likeness (QED) is 0.0996. The summed E-state index contributed by atoms with van der Waals surface area (Å²) in [6, 6.07) is 13.0. The molecule has 0 radical (unpaired) electrons. The predicted octanol–water partition coefficient (Wildman–Crippen LogP) is 6.68. The number of nitriles is 2. The summed E-state index contributed by atoms with van der Waals surface area (Å²) in [6.45, 7) is 6.69. The molecule has 2 aromatic carbocycles. The monoisotopic (exact) mass is 639 g/mol. The Morgan fingerprint density at radius 3 is 2.45 bits per heavy atom. The molecule has 6 rings (SSSR count). The number of nitrogens with zero attached hydrogens (tertiary/aromatic N) is 5. The summed E-state index contributed by atoms with van der Waals surface area (Å²) in [4.78, 5) is 8.57.